The standard InChI is InChI=1S/C58H114NO40P5/c1-39-30-43(98-100(70,71)80-5)47(94-39)34-92-103(76,77)93-38-58(37-86-99-104(78,79)91-27-17-11-7-13-23-84-56-41(3)50(65)52(67)45(32-61)96-56,35-81-20-18-28-89-101(72,73)87-25-15-9-6-12-22-83-55-40(2)49(64)51(66)44(31-60)95-55)36-82-21-19-29-90-102(74,75)88-26-16-10-8-14-24-85-57-48(59-42(4)63)54(69)53(68)46(33-62)97-57/h39-41,43-57,60-62,64-69H,6-38H2,1-5H3,(H,59,63)(H,70,71)(H,72,73)(H,74,75)(H,76,77)(H,78,79)/p-5/t39-,40?,41?,43?,44?,45?,46?,47+,48?,49+,50+,51-,52-,53-,54+,55+,56+,57+,58?/m0/s1. The van der Waals surface area contributed by atoms with E-state index >= 15 is 0 Å². The van der Waals surface area contributed by atoms with Crippen LogP contribution in [0.2, 0.25) is 0 Å². The molecule has 0 bridgehead atoms. The number of ether oxygens (including phenoxy) is 9. The Balaban J connectivity index is 1.35. The van der Waals surface area contributed by atoms with E-state index in [0.717, 1.165) is 7.11 Å². The fraction of sp³-hybridized carbons (Fsp3) is 0.983. The molecule has 0 saturated carbocycles. The van der Waals surface area contributed by atoms with Crippen molar-refractivity contribution in [3.8, 4) is 0 Å². The highest BCUT2D eigenvalue weighted by Crippen LogP contribution is 2.47. The zero-order valence-corrected chi connectivity index (χ0v) is 63.6. The molecule has 13 unspecified atom stereocenters. The smallest absolute Gasteiger partial charge is 0.297 e. The quantitative estimate of drug-likeness (QED) is 0.0139. The molecule has 4 aliphatic heterocycles. The van der Waals surface area contributed by atoms with Crippen LogP contribution < -0.4 is 29.8 Å². The fourth-order valence-corrected chi connectivity index (χ4v) is 14.5. The monoisotopic (exact) mass is 1610 g/mol. The van der Waals surface area contributed by atoms with Crippen molar-refractivity contribution in [2.75, 3.05) is 126 Å². The molecular weight excluding hydrogens is 1510 g/mol. The Bertz CT molecular complexity index is 2610. The summed E-state index contributed by atoms with van der Waals surface area (Å²) in [7, 11) is -24.6. The van der Waals surface area contributed by atoms with Crippen LogP contribution in [0.3, 0.4) is 0 Å². The third kappa shape index (κ3) is 36.0. The molecule has 41 nitrogen and oxygen atoms in total. The first-order valence-corrected chi connectivity index (χ1v) is 41.9. The molecule has 4 fully saturated rings. The van der Waals surface area contributed by atoms with Crippen molar-refractivity contribution >= 4 is 45.0 Å². The average molecular weight is 1620 g/mol. The van der Waals surface area contributed by atoms with Gasteiger partial charge < -0.3 is 159 Å². The molecule has 46 heteroatoms. The first-order chi connectivity index (χ1) is 49.1. The van der Waals surface area contributed by atoms with Crippen LogP contribution in [0.15, 0.2) is 0 Å². The lowest BCUT2D eigenvalue weighted by atomic mass is 9.92. The molecule has 616 valence electrons. The molecular formula is C58H109NO40P5-5. The van der Waals surface area contributed by atoms with Gasteiger partial charge in [0.25, 0.3) is 39.1 Å². The lowest BCUT2D eigenvalue weighted by Gasteiger charge is -2.42. The van der Waals surface area contributed by atoms with E-state index in [1.165, 1.54) is 6.92 Å². The number of unbranched alkanes of at least 4 members (excludes halogenated alkanes) is 9. The van der Waals surface area contributed by atoms with Gasteiger partial charge in [0.15, 0.2) is 18.9 Å². The third-order valence-electron chi connectivity index (χ3n) is 16.8. The van der Waals surface area contributed by atoms with Gasteiger partial charge in [-0.2, -0.15) is 4.67 Å². The number of carbonyl (C=O) groups is 1. The molecule has 4 heterocycles. The van der Waals surface area contributed by atoms with E-state index in [2.05, 4.69) is 9.84 Å². The van der Waals surface area contributed by atoms with E-state index in [1.54, 1.807) is 20.8 Å². The summed E-state index contributed by atoms with van der Waals surface area (Å²) in [5.74, 6) is -1.71. The number of nitrogens with one attached hydrogen (secondary N) is 1. The lowest BCUT2D eigenvalue weighted by molar-refractivity contribution is -0.319. The predicted octanol–water partition coefficient (Wildman–Crippen LogP) is -1.77. The van der Waals surface area contributed by atoms with Gasteiger partial charge in [0.05, 0.1) is 116 Å². The van der Waals surface area contributed by atoms with E-state index in [0.29, 0.717) is 64.2 Å². The highest BCUT2D eigenvalue weighted by molar-refractivity contribution is 7.46. The molecule has 0 aromatic rings. The van der Waals surface area contributed by atoms with E-state index in [9.17, 15) is 98.0 Å². The van der Waals surface area contributed by atoms with Crippen molar-refractivity contribution < 1.29 is 191 Å². The first-order valence-electron chi connectivity index (χ1n) is 34.6. The summed E-state index contributed by atoms with van der Waals surface area (Å²) < 4.78 is 165. The summed E-state index contributed by atoms with van der Waals surface area (Å²) >= 11 is 0. The number of aliphatic hydroxyl groups excluding tert-OH is 9. The molecule has 4 saturated heterocycles. The topological polar surface area (TPSA) is 596 Å². The van der Waals surface area contributed by atoms with Crippen LogP contribution in [0.1, 0.15) is 124 Å². The van der Waals surface area contributed by atoms with Crippen molar-refractivity contribution in [2.24, 2.45) is 17.3 Å². The van der Waals surface area contributed by atoms with Crippen molar-refractivity contribution in [3.63, 3.8) is 0 Å². The van der Waals surface area contributed by atoms with Gasteiger partial charge in [-0.25, -0.2) is 4.89 Å². The van der Waals surface area contributed by atoms with E-state index < -0.39 is 233 Å². The average Bonchev–Trinajstić information content (AvgIpc) is 1.02. The van der Waals surface area contributed by atoms with Gasteiger partial charge in [-0.05, 0) is 58.3 Å². The summed E-state index contributed by atoms with van der Waals surface area (Å²) in [5.41, 5.74) is -1.95. The maximum atomic E-state index is 13.5. The van der Waals surface area contributed by atoms with E-state index in [1.807, 2.05) is 0 Å². The Labute approximate surface area is 604 Å². The number of rotatable bonds is 58. The number of hydrogen-bond acceptors (Lipinski definition) is 40. The second-order valence-electron chi connectivity index (χ2n) is 25.6. The van der Waals surface area contributed by atoms with Gasteiger partial charge in [0, 0.05) is 65.3 Å². The van der Waals surface area contributed by atoms with Crippen LogP contribution >= 0.6 is 39.1 Å². The largest absolute Gasteiger partial charge is 0.756 e. The van der Waals surface area contributed by atoms with Crippen LogP contribution in [0.5, 0.6) is 0 Å². The summed E-state index contributed by atoms with van der Waals surface area (Å²) in [4.78, 5) is 81.0. The number of phosphoric ester groups is 5. The molecule has 0 aromatic heterocycles. The number of carbonyl (C=O) groups excluding carboxylic acids is 1. The Morgan fingerprint density at radius 1 is 0.442 bits per heavy atom. The number of amides is 1. The van der Waals surface area contributed by atoms with Crippen molar-refractivity contribution in [1.82, 2.24) is 5.32 Å². The molecule has 1 amide bonds. The van der Waals surface area contributed by atoms with Crippen LogP contribution in [-0.2, 0) is 121 Å². The second-order valence-corrected chi connectivity index (χ2v) is 32.6. The third-order valence-corrected chi connectivity index (χ3v) is 21.5. The van der Waals surface area contributed by atoms with Gasteiger partial charge in [0.1, 0.15) is 54.9 Å². The van der Waals surface area contributed by atoms with E-state index in [-0.39, 0.29) is 78.4 Å². The van der Waals surface area contributed by atoms with Crippen LogP contribution in [0.4, 0.5) is 0 Å². The van der Waals surface area contributed by atoms with Gasteiger partial charge in [-0.3, -0.25) is 27.6 Å². The van der Waals surface area contributed by atoms with Crippen molar-refractivity contribution in [3.05, 3.63) is 0 Å². The minimum Gasteiger partial charge on any atom is -0.756 e. The van der Waals surface area contributed by atoms with Crippen molar-refractivity contribution in [2.45, 2.75) is 222 Å². The first kappa shape index (κ1) is 95.6. The predicted molar refractivity (Wildman–Crippen MR) is 343 cm³/mol. The Kier molecular flexibility index (Phi) is 45.1. The molecule has 0 aliphatic carbocycles. The minimum atomic E-state index is -5.50. The summed E-state index contributed by atoms with van der Waals surface area (Å²) in [6, 6.07) is -1.13. The maximum Gasteiger partial charge on any atom is 0.297 e. The van der Waals surface area contributed by atoms with Gasteiger partial charge >= 0.3 is 0 Å². The molecule has 24 atom stereocenters. The van der Waals surface area contributed by atoms with Crippen LogP contribution in [-0.4, -0.2) is 276 Å². The Morgan fingerprint density at radius 2 is 0.827 bits per heavy atom. The lowest BCUT2D eigenvalue weighted by Crippen LogP contribution is -2.64. The maximum absolute atomic E-state index is 13.5. The van der Waals surface area contributed by atoms with Gasteiger partial charge in [0.2, 0.25) is 5.91 Å². The van der Waals surface area contributed by atoms with Crippen LogP contribution in [0, 0.1) is 17.3 Å². The molecule has 4 rings (SSSR count). The van der Waals surface area contributed by atoms with Crippen LogP contribution in [0.25, 0.3) is 0 Å². The zero-order chi connectivity index (χ0) is 77.2. The normalized spacial score (nSPS) is 31.8. The molecule has 10 N–H and O–H groups in total. The number of aliphatic hydroxyl groups is 9. The zero-order valence-electron chi connectivity index (χ0n) is 59.1. The molecule has 0 aromatic carbocycles. The van der Waals surface area contributed by atoms with Crippen molar-refractivity contribution in [1.29, 1.82) is 0 Å². The Hall–Kier alpha value is -0.740. The molecule has 0 radical (unpaired) electrons. The van der Waals surface area contributed by atoms with E-state index in [4.69, 9.17) is 88.4 Å². The molecule has 0 spiro atoms. The second kappa shape index (κ2) is 49.0. The highest BCUT2D eigenvalue weighted by Gasteiger charge is 2.47. The summed E-state index contributed by atoms with van der Waals surface area (Å²) in [6.07, 6.45) is -12.6. The molecule has 104 heavy (non-hydrogen) atoms. The summed E-state index contributed by atoms with van der Waals surface area (Å²) in [6.45, 7) is -2.03. The van der Waals surface area contributed by atoms with Gasteiger partial charge in [-0.1, -0.05) is 52.4 Å². The number of hydrogen-bond donors (Lipinski definition) is 10. The highest BCUT2D eigenvalue weighted by atomic mass is 31.2. The fourth-order valence-electron chi connectivity index (χ4n) is 10.9. The Morgan fingerprint density at radius 3 is 1.25 bits per heavy atom. The van der Waals surface area contributed by atoms with Gasteiger partial charge in [-0.15, -0.1) is 0 Å². The minimum absolute atomic E-state index is 0.0206. The molecule has 4 aliphatic rings. The summed E-state index contributed by atoms with van der Waals surface area (Å²) in [5, 5.41) is 92.4. The SMILES string of the molecule is COP(=O)([O-])OC1C[C@H](C)O[C@@H]1COP(=O)([O-])OCC(COCCCOP(=O)([O-])OCCCCCCO[C@@H]1OC(CO)[C@H](O)[C@H](O)C1C)(COCCCOP(=O)([O-])OCCCCCCO[C@@H]1OC(CO)[C@H](O)[C@H](O)C1NC(C)=O)COOP(=O)([O-])OCCCCCCO[C@@H]1OC(CO)[C@H](O)[C@H](O)C1C. The number of phosphoric acid groups is 5.